The van der Waals surface area contributed by atoms with E-state index in [0.29, 0.717) is 29.9 Å². The maximum absolute atomic E-state index is 12.5. The lowest BCUT2D eigenvalue weighted by molar-refractivity contribution is -0.134. The van der Waals surface area contributed by atoms with E-state index in [1.807, 2.05) is 24.3 Å². The van der Waals surface area contributed by atoms with Crippen LogP contribution in [0.1, 0.15) is 55.9 Å². The van der Waals surface area contributed by atoms with Crippen molar-refractivity contribution in [3.8, 4) is 5.75 Å². The standard InChI is InChI=1S/C18H23N3O3/c1-12(2)14-6-8-15(9-7-14)23-11-17(22)21-10-4-5-16(21)18-19-13(3)20-24-18/h6-9,12,16H,4-5,10-11H2,1-3H3. The van der Waals surface area contributed by atoms with E-state index in [4.69, 9.17) is 9.26 Å². The number of likely N-dealkylation sites (tertiary alicyclic amines) is 1. The summed E-state index contributed by atoms with van der Waals surface area (Å²) in [6.45, 7) is 6.78. The van der Waals surface area contributed by atoms with Crippen LogP contribution >= 0.6 is 0 Å². The van der Waals surface area contributed by atoms with Gasteiger partial charge in [-0.15, -0.1) is 0 Å². The number of benzene rings is 1. The van der Waals surface area contributed by atoms with Crippen molar-refractivity contribution in [2.75, 3.05) is 13.2 Å². The highest BCUT2D eigenvalue weighted by Crippen LogP contribution is 2.31. The van der Waals surface area contributed by atoms with E-state index in [2.05, 4.69) is 24.0 Å². The Morgan fingerprint density at radius 1 is 1.38 bits per heavy atom. The van der Waals surface area contributed by atoms with E-state index in [-0.39, 0.29) is 18.6 Å². The Labute approximate surface area is 141 Å². The minimum absolute atomic E-state index is 0.0185. The van der Waals surface area contributed by atoms with Crippen LogP contribution in [0.15, 0.2) is 28.8 Å². The molecule has 1 atom stereocenters. The smallest absolute Gasteiger partial charge is 0.261 e. The highest BCUT2D eigenvalue weighted by Gasteiger charge is 2.33. The lowest BCUT2D eigenvalue weighted by Gasteiger charge is -2.22. The normalized spacial score (nSPS) is 17.5. The summed E-state index contributed by atoms with van der Waals surface area (Å²) in [5.41, 5.74) is 1.25. The summed E-state index contributed by atoms with van der Waals surface area (Å²) in [7, 11) is 0. The van der Waals surface area contributed by atoms with Gasteiger partial charge in [0.25, 0.3) is 5.91 Å². The van der Waals surface area contributed by atoms with Gasteiger partial charge in [0.15, 0.2) is 12.4 Å². The molecule has 1 aromatic heterocycles. The van der Waals surface area contributed by atoms with Gasteiger partial charge < -0.3 is 14.2 Å². The van der Waals surface area contributed by atoms with Gasteiger partial charge in [0.1, 0.15) is 11.8 Å². The van der Waals surface area contributed by atoms with Gasteiger partial charge in [-0.25, -0.2) is 0 Å². The molecule has 1 fully saturated rings. The van der Waals surface area contributed by atoms with Crippen molar-refractivity contribution in [2.45, 2.75) is 45.6 Å². The van der Waals surface area contributed by atoms with E-state index in [9.17, 15) is 4.79 Å². The molecule has 1 unspecified atom stereocenters. The number of hydrogen-bond donors (Lipinski definition) is 0. The molecule has 1 amide bonds. The average molecular weight is 329 g/mol. The van der Waals surface area contributed by atoms with Crippen molar-refractivity contribution < 1.29 is 14.1 Å². The van der Waals surface area contributed by atoms with Crippen LogP contribution in [0.2, 0.25) is 0 Å². The Bertz CT molecular complexity index is 694. The zero-order valence-corrected chi connectivity index (χ0v) is 14.4. The third-order valence-electron chi connectivity index (χ3n) is 4.31. The van der Waals surface area contributed by atoms with Crippen LogP contribution in [-0.2, 0) is 4.79 Å². The molecule has 1 aliphatic rings. The molecule has 2 aromatic rings. The van der Waals surface area contributed by atoms with Gasteiger partial charge >= 0.3 is 0 Å². The number of rotatable bonds is 5. The van der Waals surface area contributed by atoms with Crippen molar-refractivity contribution in [2.24, 2.45) is 0 Å². The quantitative estimate of drug-likeness (QED) is 0.842. The maximum atomic E-state index is 12.5. The molecule has 0 bridgehead atoms. The fraction of sp³-hybridized carbons (Fsp3) is 0.500. The Balaban J connectivity index is 1.60. The summed E-state index contributed by atoms with van der Waals surface area (Å²) in [4.78, 5) is 18.5. The molecule has 6 heteroatoms. The van der Waals surface area contributed by atoms with Crippen molar-refractivity contribution in [3.63, 3.8) is 0 Å². The minimum atomic E-state index is -0.134. The van der Waals surface area contributed by atoms with Crippen LogP contribution in [0.4, 0.5) is 0 Å². The van der Waals surface area contributed by atoms with Gasteiger partial charge in [-0.2, -0.15) is 4.98 Å². The first-order chi connectivity index (χ1) is 11.5. The largest absolute Gasteiger partial charge is 0.484 e. The molecular weight excluding hydrogens is 306 g/mol. The first-order valence-corrected chi connectivity index (χ1v) is 8.37. The fourth-order valence-electron chi connectivity index (χ4n) is 2.95. The van der Waals surface area contributed by atoms with E-state index in [0.717, 1.165) is 12.8 Å². The van der Waals surface area contributed by atoms with Crippen molar-refractivity contribution in [1.29, 1.82) is 0 Å². The number of ether oxygens (including phenoxy) is 1. The molecule has 0 aliphatic carbocycles. The van der Waals surface area contributed by atoms with Crippen molar-refractivity contribution in [1.82, 2.24) is 15.0 Å². The molecule has 0 N–H and O–H groups in total. The van der Waals surface area contributed by atoms with Crippen molar-refractivity contribution >= 4 is 5.91 Å². The van der Waals surface area contributed by atoms with E-state index >= 15 is 0 Å². The first kappa shape index (κ1) is 16.5. The van der Waals surface area contributed by atoms with Crippen LogP contribution < -0.4 is 4.74 Å². The molecule has 1 aliphatic heterocycles. The van der Waals surface area contributed by atoms with Gasteiger partial charge in [-0.1, -0.05) is 31.1 Å². The molecule has 6 nitrogen and oxygen atoms in total. The van der Waals surface area contributed by atoms with Crippen molar-refractivity contribution in [3.05, 3.63) is 41.5 Å². The Morgan fingerprint density at radius 3 is 2.75 bits per heavy atom. The zero-order chi connectivity index (χ0) is 17.1. The van der Waals surface area contributed by atoms with Gasteiger partial charge in [0.2, 0.25) is 5.89 Å². The van der Waals surface area contributed by atoms with Gasteiger partial charge in [0.05, 0.1) is 0 Å². The second-order valence-corrected chi connectivity index (χ2v) is 6.44. The van der Waals surface area contributed by atoms with Gasteiger partial charge in [0, 0.05) is 6.54 Å². The molecule has 24 heavy (non-hydrogen) atoms. The Kier molecular flexibility index (Phi) is 4.83. The third-order valence-corrected chi connectivity index (χ3v) is 4.31. The van der Waals surface area contributed by atoms with Crippen LogP contribution in [0, 0.1) is 6.92 Å². The van der Waals surface area contributed by atoms with Gasteiger partial charge in [-0.3, -0.25) is 4.79 Å². The lowest BCUT2D eigenvalue weighted by atomic mass is 10.0. The topological polar surface area (TPSA) is 68.5 Å². The predicted molar refractivity (Wildman–Crippen MR) is 88.7 cm³/mol. The minimum Gasteiger partial charge on any atom is -0.484 e. The second kappa shape index (κ2) is 7.03. The number of nitrogens with zero attached hydrogens (tertiary/aromatic N) is 3. The summed E-state index contributed by atoms with van der Waals surface area (Å²) in [6, 6.07) is 7.75. The molecule has 2 heterocycles. The Morgan fingerprint density at radius 2 is 2.12 bits per heavy atom. The monoisotopic (exact) mass is 329 g/mol. The molecule has 128 valence electrons. The van der Waals surface area contributed by atoms with Crippen LogP contribution in [0.25, 0.3) is 0 Å². The third kappa shape index (κ3) is 3.58. The molecule has 0 spiro atoms. The molecule has 3 rings (SSSR count). The average Bonchev–Trinajstić information content (AvgIpc) is 3.21. The second-order valence-electron chi connectivity index (χ2n) is 6.44. The summed E-state index contributed by atoms with van der Waals surface area (Å²) in [5.74, 6) is 2.23. The molecular formula is C18H23N3O3. The molecule has 0 radical (unpaired) electrons. The maximum Gasteiger partial charge on any atom is 0.261 e. The zero-order valence-electron chi connectivity index (χ0n) is 14.4. The van der Waals surface area contributed by atoms with E-state index in [1.165, 1.54) is 5.56 Å². The predicted octanol–water partition coefficient (Wildman–Crippen LogP) is 3.24. The van der Waals surface area contributed by atoms with Crippen LogP contribution in [0.5, 0.6) is 5.75 Å². The number of aromatic nitrogens is 2. The first-order valence-electron chi connectivity index (χ1n) is 8.37. The number of carbonyl (C=O) groups excluding carboxylic acids is 1. The molecule has 0 saturated carbocycles. The summed E-state index contributed by atoms with van der Waals surface area (Å²) in [5, 5.41) is 3.82. The highest BCUT2D eigenvalue weighted by atomic mass is 16.5. The Hall–Kier alpha value is -2.37. The summed E-state index contributed by atoms with van der Waals surface area (Å²) < 4.78 is 10.9. The van der Waals surface area contributed by atoms with Crippen LogP contribution in [-0.4, -0.2) is 34.1 Å². The molecule has 1 saturated heterocycles. The van der Waals surface area contributed by atoms with E-state index < -0.39 is 0 Å². The van der Waals surface area contributed by atoms with Gasteiger partial charge in [-0.05, 0) is 43.4 Å². The highest BCUT2D eigenvalue weighted by molar-refractivity contribution is 5.78. The number of amides is 1. The van der Waals surface area contributed by atoms with E-state index in [1.54, 1.807) is 11.8 Å². The number of carbonyl (C=O) groups is 1. The fourth-order valence-corrected chi connectivity index (χ4v) is 2.95. The summed E-state index contributed by atoms with van der Waals surface area (Å²) >= 11 is 0. The van der Waals surface area contributed by atoms with Crippen LogP contribution in [0.3, 0.4) is 0 Å². The SMILES string of the molecule is Cc1noc(C2CCCN2C(=O)COc2ccc(C(C)C)cc2)n1. The number of aryl methyl sites for hydroxylation is 1. The number of hydrogen-bond acceptors (Lipinski definition) is 5. The molecule has 1 aromatic carbocycles. The summed E-state index contributed by atoms with van der Waals surface area (Å²) in [6.07, 6.45) is 1.78. The lowest BCUT2D eigenvalue weighted by Crippen LogP contribution is -2.34.